The van der Waals surface area contributed by atoms with Gasteiger partial charge in [-0.05, 0) is 12.5 Å². The average molecular weight is 214 g/mol. The zero-order valence-electron chi connectivity index (χ0n) is 9.32. The summed E-state index contributed by atoms with van der Waals surface area (Å²) in [6.07, 6.45) is 0.627. The molecule has 0 saturated carbocycles. The van der Waals surface area contributed by atoms with E-state index < -0.39 is 0 Å². The van der Waals surface area contributed by atoms with E-state index in [0.717, 1.165) is 22.3 Å². The Morgan fingerprint density at radius 3 is 2.69 bits per heavy atom. The van der Waals surface area contributed by atoms with Crippen LogP contribution in [0, 0.1) is 0 Å². The van der Waals surface area contributed by atoms with Crippen molar-refractivity contribution in [2.24, 2.45) is 0 Å². The van der Waals surface area contributed by atoms with E-state index in [2.05, 4.69) is 6.58 Å². The Balaban J connectivity index is 2.29. The van der Waals surface area contributed by atoms with Gasteiger partial charge in [-0.2, -0.15) is 0 Å². The summed E-state index contributed by atoms with van der Waals surface area (Å²) >= 11 is 0. The first-order valence-corrected chi connectivity index (χ1v) is 5.27. The molecule has 0 radical (unpaired) electrons. The molecule has 2 rings (SSSR count). The predicted molar refractivity (Wildman–Crippen MR) is 62.9 cm³/mol. The molecule has 0 N–H and O–H groups in total. The molecular formula is C14H14O2. The minimum Gasteiger partial charge on any atom is -0.457 e. The summed E-state index contributed by atoms with van der Waals surface area (Å²) in [4.78, 5) is 11.6. The molecule has 0 aromatic heterocycles. The Labute approximate surface area is 95.2 Å². The second kappa shape index (κ2) is 4.35. The molecule has 0 atom stereocenters. The van der Waals surface area contributed by atoms with Crippen molar-refractivity contribution in [1.29, 1.82) is 0 Å². The fraction of sp³-hybridized carbons (Fsp3) is 0.214. The van der Waals surface area contributed by atoms with Crippen molar-refractivity contribution in [3.8, 4) is 0 Å². The summed E-state index contributed by atoms with van der Waals surface area (Å²) in [6.45, 7) is 6.15. The first-order chi connectivity index (χ1) is 7.68. The number of hydrogen-bond donors (Lipinski definition) is 0. The van der Waals surface area contributed by atoms with Crippen molar-refractivity contribution in [2.75, 3.05) is 6.61 Å². The van der Waals surface area contributed by atoms with Gasteiger partial charge >= 0.3 is 5.97 Å². The lowest BCUT2D eigenvalue weighted by Crippen LogP contribution is -2.02. The molecular weight excluding hydrogens is 200 g/mol. The molecule has 0 bridgehead atoms. The van der Waals surface area contributed by atoms with E-state index in [-0.39, 0.29) is 5.97 Å². The second-order valence-corrected chi connectivity index (χ2v) is 3.98. The standard InChI is InChI=1S/C14H14O2/c1-10(2)13-9-16-14(15)12(13)8-11-6-4-3-5-7-11/h3-7H,1,8-9H2,2H3. The maximum atomic E-state index is 11.6. The summed E-state index contributed by atoms with van der Waals surface area (Å²) < 4.78 is 5.04. The van der Waals surface area contributed by atoms with E-state index >= 15 is 0 Å². The monoisotopic (exact) mass is 214 g/mol. The van der Waals surface area contributed by atoms with Crippen LogP contribution in [0.4, 0.5) is 0 Å². The summed E-state index contributed by atoms with van der Waals surface area (Å²) in [6, 6.07) is 9.92. The highest BCUT2D eigenvalue weighted by molar-refractivity contribution is 5.93. The molecule has 0 spiro atoms. The largest absolute Gasteiger partial charge is 0.457 e. The fourth-order valence-corrected chi connectivity index (χ4v) is 1.79. The topological polar surface area (TPSA) is 26.3 Å². The molecule has 0 saturated heterocycles. The third kappa shape index (κ3) is 2.06. The summed E-state index contributed by atoms with van der Waals surface area (Å²) in [5.41, 5.74) is 3.74. The quantitative estimate of drug-likeness (QED) is 0.723. The number of carbonyl (C=O) groups excluding carboxylic acids is 1. The van der Waals surface area contributed by atoms with Crippen LogP contribution in [0.2, 0.25) is 0 Å². The van der Waals surface area contributed by atoms with Crippen molar-refractivity contribution >= 4 is 5.97 Å². The van der Waals surface area contributed by atoms with Crippen LogP contribution in [0.3, 0.4) is 0 Å². The minimum absolute atomic E-state index is 0.207. The van der Waals surface area contributed by atoms with Crippen molar-refractivity contribution in [2.45, 2.75) is 13.3 Å². The molecule has 2 heteroatoms. The number of cyclic esters (lactones) is 1. The third-order valence-electron chi connectivity index (χ3n) is 2.70. The Morgan fingerprint density at radius 1 is 1.38 bits per heavy atom. The number of rotatable bonds is 3. The van der Waals surface area contributed by atoms with Gasteiger partial charge in [-0.1, -0.05) is 42.5 Å². The van der Waals surface area contributed by atoms with Gasteiger partial charge in [0, 0.05) is 17.6 Å². The van der Waals surface area contributed by atoms with Crippen molar-refractivity contribution in [1.82, 2.24) is 0 Å². The zero-order valence-corrected chi connectivity index (χ0v) is 9.32. The molecule has 2 nitrogen and oxygen atoms in total. The van der Waals surface area contributed by atoms with E-state index in [9.17, 15) is 4.79 Å². The van der Waals surface area contributed by atoms with E-state index in [0.29, 0.717) is 13.0 Å². The van der Waals surface area contributed by atoms with Gasteiger partial charge < -0.3 is 4.74 Å². The number of esters is 1. The molecule has 1 aliphatic heterocycles. The second-order valence-electron chi connectivity index (χ2n) is 3.98. The lowest BCUT2D eigenvalue weighted by Gasteiger charge is -2.03. The molecule has 1 heterocycles. The highest BCUT2D eigenvalue weighted by Crippen LogP contribution is 2.24. The van der Waals surface area contributed by atoms with Crippen LogP contribution in [-0.4, -0.2) is 12.6 Å². The van der Waals surface area contributed by atoms with Gasteiger partial charge in [0.1, 0.15) is 6.61 Å². The first kappa shape index (κ1) is 10.7. The molecule has 1 aromatic carbocycles. The molecule has 16 heavy (non-hydrogen) atoms. The van der Waals surface area contributed by atoms with Gasteiger partial charge in [-0.15, -0.1) is 0 Å². The molecule has 0 unspecified atom stereocenters. The van der Waals surface area contributed by atoms with Crippen LogP contribution in [0.5, 0.6) is 0 Å². The normalized spacial score (nSPS) is 15.2. The SMILES string of the molecule is C=C(C)C1=C(Cc2ccccc2)C(=O)OC1. The first-order valence-electron chi connectivity index (χ1n) is 5.27. The molecule has 82 valence electrons. The molecule has 1 aromatic rings. The highest BCUT2D eigenvalue weighted by Gasteiger charge is 2.24. The van der Waals surface area contributed by atoms with Crippen molar-refractivity contribution in [3.63, 3.8) is 0 Å². The summed E-state index contributed by atoms with van der Waals surface area (Å²) in [5, 5.41) is 0. The van der Waals surface area contributed by atoms with Crippen LogP contribution in [-0.2, 0) is 16.0 Å². The average Bonchev–Trinajstić information content (AvgIpc) is 2.62. The van der Waals surface area contributed by atoms with Crippen LogP contribution >= 0.6 is 0 Å². The predicted octanol–water partition coefficient (Wildman–Crippen LogP) is 2.66. The van der Waals surface area contributed by atoms with Crippen molar-refractivity contribution in [3.05, 3.63) is 59.2 Å². The number of ether oxygens (including phenoxy) is 1. The van der Waals surface area contributed by atoms with E-state index in [4.69, 9.17) is 4.74 Å². The fourth-order valence-electron chi connectivity index (χ4n) is 1.79. The lowest BCUT2D eigenvalue weighted by molar-refractivity contribution is -0.136. The van der Waals surface area contributed by atoms with Gasteiger partial charge in [0.25, 0.3) is 0 Å². The van der Waals surface area contributed by atoms with Gasteiger partial charge in [-0.25, -0.2) is 4.79 Å². The summed E-state index contributed by atoms with van der Waals surface area (Å²) in [7, 11) is 0. The Kier molecular flexibility index (Phi) is 2.91. The number of hydrogen-bond acceptors (Lipinski definition) is 2. The third-order valence-corrected chi connectivity index (χ3v) is 2.70. The highest BCUT2D eigenvalue weighted by atomic mass is 16.5. The van der Waals surface area contributed by atoms with Crippen LogP contribution in [0.15, 0.2) is 53.6 Å². The van der Waals surface area contributed by atoms with Crippen LogP contribution < -0.4 is 0 Å². The zero-order chi connectivity index (χ0) is 11.5. The van der Waals surface area contributed by atoms with Gasteiger partial charge in [0.05, 0.1) is 0 Å². The van der Waals surface area contributed by atoms with Crippen molar-refractivity contribution < 1.29 is 9.53 Å². The summed E-state index contributed by atoms with van der Waals surface area (Å²) in [5.74, 6) is -0.207. The van der Waals surface area contributed by atoms with Gasteiger partial charge in [0.2, 0.25) is 0 Å². The molecule has 1 aliphatic rings. The Morgan fingerprint density at radius 2 is 2.06 bits per heavy atom. The molecule has 0 fully saturated rings. The molecule has 0 amide bonds. The van der Waals surface area contributed by atoms with E-state index in [1.54, 1.807) is 0 Å². The maximum Gasteiger partial charge on any atom is 0.335 e. The van der Waals surface area contributed by atoms with Crippen LogP contribution in [0.1, 0.15) is 12.5 Å². The van der Waals surface area contributed by atoms with E-state index in [1.165, 1.54) is 0 Å². The van der Waals surface area contributed by atoms with Crippen LogP contribution in [0.25, 0.3) is 0 Å². The minimum atomic E-state index is -0.207. The Hall–Kier alpha value is -1.83. The molecule has 0 aliphatic carbocycles. The number of carbonyl (C=O) groups is 1. The Bertz CT molecular complexity index is 455. The maximum absolute atomic E-state index is 11.6. The number of benzene rings is 1. The van der Waals surface area contributed by atoms with Gasteiger partial charge in [0.15, 0.2) is 0 Å². The van der Waals surface area contributed by atoms with Gasteiger partial charge in [-0.3, -0.25) is 0 Å². The lowest BCUT2D eigenvalue weighted by atomic mass is 9.98. The van der Waals surface area contributed by atoms with E-state index in [1.807, 2.05) is 37.3 Å². The smallest absolute Gasteiger partial charge is 0.335 e.